The van der Waals surface area contributed by atoms with Crippen LogP contribution in [0.25, 0.3) is 11.1 Å². The van der Waals surface area contributed by atoms with Gasteiger partial charge in [0.2, 0.25) is 0 Å². The molecule has 3 rings (SSSR count). The lowest BCUT2D eigenvalue weighted by atomic mass is 10.0. The molecule has 0 radical (unpaired) electrons. The second-order valence-electron chi connectivity index (χ2n) is 5.96. The number of rotatable bonds is 2. The highest BCUT2D eigenvalue weighted by atomic mass is 19.2. The van der Waals surface area contributed by atoms with Crippen molar-refractivity contribution >= 4 is 5.91 Å². The third-order valence-electron chi connectivity index (χ3n) is 4.26. The number of likely N-dealkylation sites (N-methyl/N-ethyl adjacent to an activating group) is 1. The Kier molecular flexibility index (Phi) is 4.49. The molecule has 1 aliphatic heterocycles. The third-order valence-corrected chi connectivity index (χ3v) is 4.26. The first-order valence-corrected chi connectivity index (χ1v) is 7.72. The average molecular weight is 332 g/mol. The maximum atomic E-state index is 13.4. The fourth-order valence-corrected chi connectivity index (χ4v) is 2.74. The maximum Gasteiger partial charge on any atom is 0.253 e. The summed E-state index contributed by atoms with van der Waals surface area (Å²) in [7, 11) is 2.02. The van der Waals surface area contributed by atoms with Crippen molar-refractivity contribution in [1.29, 1.82) is 0 Å². The van der Waals surface area contributed by atoms with Gasteiger partial charge in [-0.15, -0.1) is 0 Å². The Bertz CT molecular complexity index is 731. The Morgan fingerprint density at radius 1 is 1.00 bits per heavy atom. The molecule has 0 unspecified atom stereocenters. The third kappa shape index (κ3) is 3.23. The van der Waals surface area contributed by atoms with Crippen LogP contribution in [0.15, 0.2) is 36.4 Å². The number of benzene rings is 2. The normalized spacial score (nSPS) is 15.5. The van der Waals surface area contributed by atoms with Gasteiger partial charge in [-0.3, -0.25) is 4.79 Å². The summed E-state index contributed by atoms with van der Waals surface area (Å²) in [4.78, 5) is 16.4. The van der Waals surface area contributed by atoms with Crippen LogP contribution in [0.2, 0.25) is 0 Å². The summed E-state index contributed by atoms with van der Waals surface area (Å²) in [5.74, 6) is -3.14. The topological polar surface area (TPSA) is 43.8 Å². The van der Waals surface area contributed by atoms with Gasteiger partial charge in [0, 0.05) is 31.7 Å². The van der Waals surface area contributed by atoms with E-state index in [2.05, 4.69) is 4.90 Å². The lowest BCUT2D eigenvalue weighted by molar-refractivity contribution is 0.0664. The molecule has 2 aromatic carbocycles. The number of hydrogen-bond acceptors (Lipinski definition) is 3. The molecule has 1 amide bonds. The number of nitrogens with zero attached hydrogens (tertiary/aromatic N) is 2. The van der Waals surface area contributed by atoms with Crippen molar-refractivity contribution in [2.45, 2.75) is 0 Å². The van der Waals surface area contributed by atoms with Gasteiger partial charge in [0.05, 0.1) is 0 Å². The number of amides is 1. The van der Waals surface area contributed by atoms with Gasteiger partial charge in [-0.05, 0) is 42.4 Å². The molecule has 4 nitrogen and oxygen atoms in total. The standard InChI is InChI=1S/C18H18F2N2O2/c1-21-6-8-22(9-7-21)18(24)13-4-2-12(3-5-13)14-10-15(19)17(20)16(23)11-14/h2-5,10-11,23H,6-9H2,1H3. The largest absolute Gasteiger partial charge is 0.505 e. The van der Waals surface area contributed by atoms with E-state index >= 15 is 0 Å². The van der Waals surface area contributed by atoms with Crippen LogP contribution in [0, 0.1) is 11.6 Å². The Labute approximate surface area is 138 Å². The molecule has 126 valence electrons. The predicted octanol–water partition coefficient (Wildman–Crippen LogP) is 2.73. The summed E-state index contributed by atoms with van der Waals surface area (Å²) in [5.41, 5.74) is 1.50. The van der Waals surface area contributed by atoms with Crippen molar-refractivity contribution in [3.8, 4) is 16.9 Å². The van der Waals surface area contributed by atoms with E-state index in [1.165, 1.54) is 0 Å². The first-order valence-electron chi connectivity index (χ1n) is 7.72. The zero-order chi connectivity index (χ0) is 17.3. The molecule has 6 heteroatoms. The van der Waals surface area contributed by atoms with Crippen LogP contribution in [0.4, 0.5) is 8.78 Å². The number of carbonyl (C=O) groups is 1. The molecular formula is C18H18F2N2O2. The smallest absolute Gasteiger partial charge is 0.253 e. The number of phenolic OH excluding ortho intramolecular Hbond substituents is 1. The first kappa shape index (κ1) is 16.4. The summed E-state index contributed by atoms with van der Waals surface area (Å²) in [5, 5.41) is 9.40. The van der Waals surface area contributed by atoms with Crippen LogP contribution < -0.4 is 0 Å². The van der Waals surface area contributed by atoms with E-state index in [1.807, 2.05) is 7.05 Å². The average Bonchev–Trinajstić information content (AvgIpc) is 2.59. The van der Waals surface area contributed by atoms with E-state index in [0.717, 1.165) is 25.2 Å². The monoisotopic (exact) mass is 332 g/mol. The fraction of sp³-hybridized carbons (Fsp3) is 0.278. The van der Waals surface area contributed by atoms with Crippen LogP contribution >= 0.6 is 0 Å². The Hall–Kier alpha value is -2.47. The van der Waals surface area contributed by atoms with Gasteiger partial charge in [-0.25, -0.2) is 4.39 Å². The quantitative estimate of drug-likeness (QED) is 0.920. The highest BCUT2D eigenvalue weighted by molar-refractivity contribution is 5.94. The van der Waals surface area contributed by atoms with E-state index in [4.69, 9.17) is 0 Å². The zero-order valence-corrected chi connectivity index (χ0v) is 13.3. The van der Waals surface area contributed by atoms with Crippen LogP contribution in [-0.4, -0.2) is 54.0 Å². The number of carbonyl (C=O) groups excluding carboxylic acids is 1. The van der Waals surface area contributed by atoms with Gasteiger partial charge in [0.1, 0.15) is 0 Å². The van der Waals surface area contributed by atoms with Crippen molar-refractivity contribution in [2.24, 2.45) is 0 Å². The van der Waals surface area contributed by atoms with E-state index in [0.29, 0.717) is 29.8 Å². The van der Waals surface area contributed by atoms with Gasteiger partial charge in [0.25, 0.3) is 5.91 Å². The number of piperazine rings is 1. The van der Waals surface area contributed by atoms with Crippen molar-refractivity contribution < 1.29 is 18.7 Å². The Balaban J connectivity index is 1.79. The molecule has 1 fully saturated rings. The summed E-state index contributed by atoms with van der Waals surface area (Å²) in [6, 6.07) is 8.83. The van der Waals surface area contributed by atoms with Crippen LogP contribution in [-0.2, 0) is 0 Å². The van der Waals surface area contributed by atoms with Crippen molar-refractivity contribution in [1.82, 2.24) is 9.80 Å². The molecular weight excluding hydrogens is 314 g/mol. The minimum Gasteiger partial charge on any atom is -0.505 e. The minimum atomic E-state index is -1.26. The Morgan fingerprint density at radius 3 is 2.21 bits per heavy atom. The molecule has 0 aromatic heterocycles. The minimum absolute atomic E-state index is 0.0391. The van der Waals surface area contributed by atoms with Crippen molar-refractivity contribution in [3.05, 3.63) is 53.6 Å². The van der Waals surface area contributed by atoms with Crippen LogP contribution in [0.5, 0.6) is 5.75 Å². The SMILES string of the molecule is CN1CCN(C(=O)c2ccc(-c3cc(O)c(F)c(F)c3)cc2)CC1. The summed E-state index contributed by atoms with van der Waals surface area (Å²) in [6.07, 6.45) is 0. The van der Waals surface area contributed by atoms with Gasteiger partial charge < -0.3 is 14.9 Å². The Morgan fingerprint density at radius 2 is 1.62 bits per heavy atom. The molecule has 2 aromatic rings. The lowest BCUT2D eigenvalue weighted by Crippen LogP contribution is -2.47. The molecule has 1 saturated heterocycles. The van der Waals surface area contributed by atoms with Crippen molar-refractivity contribution in [2.75, 3.05) is 33.2 Å². The maximum absolute atomic E-state index is 13.4. The van der Waals surface area contributed by atoms with Crippen molar-refractivity contribution in [3.63, 3.8) is 0 Å². The highest BCUT2D eigenvalue weighted by Gasteiger charge is 2.20. The number of phenols is 1. The number of halogens is 2. The van der Waals surface area contributed by atoms with E-state index in [-0.39, 0.29) is 5.91 Å². The van der Waals surface area contributed by atoms with Gasteiger partial charge in [0.15, 0.2) is 17.4 Å². The zero-order valence-electron chi connectivity index (χ0n) is 13.3. The van der Waals surface area contributed by atoms with Gasteiger partial charge in [-0.1, -0.05) is 12.1 Å². The molecule has 0 aliphatic carbocycles. The molecule has 1 N–H and O–H groups in total. The van der Waals surface area contributed by atoms with Gasteiger partial charge >= 0.3 is 0 Å². The number of aromatic hydroxyl groups is 1. The predicted molar refractivity (Wildman–Crippen MR) is 86.9 cm³/mol. The molecule has 0 atom stereocenters. The van der Waals surface area contributed by atoms with E-state index in [1.54, 1.807) is 29.2 Å². The molecule has 0 saturated carbocycles. The van der Waals surface area contributed by atoms with Crippen LogP contribution in [0.1, 0.15) is 10.4 Å². The summed E-state index contributed by atoms with van der Waals surface area (Å²) in [6.45, 7) is 3.07. The van der Waals surface area contributed by atoms with Gasteiger partial charge in [-0.2, -0.15) is 4.39 Å². The second-order valence-corrected chi connectivity index (χ2v) is 5.96. The molecule has 24 heavy (non-hydrogen) atoms. The van der Waals surface area contributed by atoms with Crippen LogP contribution in [0.3, 0.4) is 0 Å². The van der Waals surface area contributed by atoms with E-state index < -0.39 is 17.4 Å². The summed E-state index contributed by atoms with van der Waals surface area (Å²) >= 11 is 0. The molecule has 1 aliphatic rings. The lowest BCUT2D eigenvalue weighted by Gasteiger charge is -2.32. The summed E-state index contributed by atoms with van der Waals surface area (Å²) < 4.78 is 26.6. The number of hydrogen-bond donors (Lipinski definition) is 1. The first-order chi connectivity index (χ1) is 11.5. The highest BCUT2D eigenvalue weighted by Crippen LogP contribution is 2.28. The second kappa shape index (κ2) is 6.57. The van der Waals surface area contributed by atoms with E-state index in [9.17, 15) is 18.7 Å². The fourth-order valence-electron chi connectivity index (χ4n) is 2.74. The molecule has 1 heterocycles. The molecule has 0 bridgehead atoms. The molecule has 0 spiro atoms.